The molecule has 0 aliphatic heterocycles. The number of hydrogen-bond acceptors (Lipinski definition) is 4. The molecule has 0 unspecified atom stereocenters. The van der Waals surface area contributed by atoms with Crippen molar-refractivity contribution in [1.29, 1.82) is 0 Å². The van der Waals surface area contributed by atoms with Crippen molar-refractivity contribution in [1.82, 2.24) is 19.5 Å². The molecule has 4 rings (SSSR count). The third kappa shape index (κ3) is 2.51. The minimum Gasteiger partial charge on any atom is -0.329 e. The van der Waals surface area contributed by atoms with Gasteiger partial charge in [0.15, 0.2) is 10.3 Å². The third-order valence-corrected chi connectivity index (χ3v) is 5.25. The molecule has 0 bridgehead atoms. The molecular formula is C14H15ClN4OS. The molecule has 2 aromatic heterocycles. The van der Waals surface area contributed by atoms with Crippen LogP contribution in [0.1, 0.15) is 42.3 Å². The number of imidazole rings is 1. The molecule has 1 fully saturated rings. The van der Waals surface area contributed by atoms with Gasteiger partial charge >= 0.3 is 0 Å². The van der Waals surface area contributed by atoms with Gasteiger partial charge in [0.05, 0.1) is 17.7 Å². The van der Waals surface area contributed by atoms with Crippen LogP contribution in [0.25, 0.3) is 0 Å². The van der Waals surface area contributed by atoms with Crippen molar-refractivity contribution in [2.24, 2.45) is 0 Å². The first-order valence-electron chi connectivity index (χ1n) is 7.18. The number of halogens is 1. The van der Waals surface area contributed by atoms with Crippen LogP contribution in [0.2, 0.25) is 5.15 Å². The van der Waals surface area contributed by atoms with E-state index >= 15 is 0 Å². The standard InChI is InChI=1S/C14H15ClN4OS/c15-12-11(19(7-16-12)8-4-5-8)6-21-14-17-10-3-1-2-9(10)13(20)18-14/h7-8H,1-6H2,(H,17,18,20). The van der Waals surface area contributed by atoms with Crippen molar-refractivity contribution in [3.8, 4) is 0 Å². The first-order chi connectivity index (χ1) is 10.2. The van der Waals surface area contributed by atoms with E-state index < -0.39 is 0 Å². The lowest BCUT2D eigenvalue weighted by Crippen LogP contribution is -2.15. The zero-order valence-corrected chi connectivity index (χ0v) is 13.0. The lowest BCUT2D eigenvalue weighted by Gasteiger charge is -2.07. The van der Waals surface area contributed by atoms with Gasteiger partial charge in [-0.05, 0) is 32.1 Å². The van der Waals surface area contributed by atoms with E-state index in [0.29, 0.717) is 22.1 Å². The molecule has 0 radical (unpaired) electrons. The van der Waals surface area contributed by atoms with Crippen LogP contribution in [0.15, 0.2) is 16.3 Å². The van der Waals surface area contributed by atoms with Crippen LogP contribution < -0.4 is 5.56 Å². The average molecular weight is 323 g/mol. The molecule has 0 atom stereocenters. The maximum absolute atomic E-state index is 12.0. The summed E-state index contributed by atoms with van der Waals surface area (Å²) in [5.74, 6) is 0.678. The van der Waals surface area contributed by atoms with Crippen LogP contribution in [-0.2, 0) is 18.6 Å². The smallest absolute Gasteiger partial charge is 0.254 e. The van der Waals surface area contributed by atoms with Gasteiger partial charge in [-0.15, -0.1) is 0 Å². The van der Waals surface area contributed by atoms with Crippen LogP contribution in [-0.4, -0.2) is 19.5 Å². The normalized spacial score (nSPS) is 17.2. The molecule has 2 heterocycles. The van der Waals surface area contributed by atoms with Crippen molar-refractivity contribution in [2.45, 2.75) is 49.1 Å². The van der Waals surface area contributed by atoms with Gasteiger partial charge in [-0.3, -0.25) is 4.79 Å². The number of H-pyrrole nitrogens is 1. The van der Waals surface area contributed by atoms with Crippen molar-refractivity contribution < 1.29 is 0 Å². The average Bonchev–Trinajstić information content (AvgIpc) is 3.07. The Labute approximate surface area is 131 Å². The summed E-state index contributed by atoms with van der Waals surface area (Å²) >= 11 is 7.69. The molecule has 1 saturated carbocycles. The van der Waals surface area contributed by atoms with Crippen LogP contribution in [0.4, 0.5) is 0 Å². The van der Waals surface area contributed by atoms with Crippen LogP contribution in [0.3, 0.4) is 0 Å². The SMILES string of the molecule is O=c1[nH]c(SCc2c(Cl)ncn2C2CC2)nc2c1CCC2. The van der Waals surface area contributed by atoms with Crippen LogP contribution in [0, 0.1) is 0 Å². The highest BCUT2D eigenvalue weighted by Crippen LogP contribution is 2.38. The minimum absolute atomic E-state index is 0.0156. The molecule has 0 amide bonds. The largest absolute Gasteiger partial charge is 0.329 e. The van der Waals surface area contributed by atoms with E-state index in [2.05, 4.69) is 19.5 Å². The van der Waals surface area contributed by atoms with Gasteiger partial charge in [0.25, 0.3) is 5.56 Å². The minimum atomic E-state index is 0.0156. The summed E-state index contributed by atoms with van der Waals surface area (Å²) in [5.41, 5.74) is 2.86. The second-order valence-electron chi connectivity index (χ2n) is 5.56. The molecule has 2 aliphatic rings. The molecule has 0 saturated heterocycles. The van der Waals surface area contributed by atoms with Crippen LogP contribution >= 0.6 is 23.4 Å². The van der Waals surface area contributed by atoms with E-state index in [1.54, 1.807) is 0 Å². The molecule has 2 aromatic rings. The lowest BCUT2D eigenvalue weighted by molar-refractivity contribution is 0.713. The summed E-state index contributed by atoms with van der Waals surface area (Å²) in [4.78, 5) is 23.6. The quantitative estimate of drug-likeness (QED) is 0.694. The molecular weight excluding hydrogens is 308 g/mol. The van der Waals surface area contributed by atoms with Gasteiger partial charge < -0.3 is 9.55 Å². The number of thioether (sulfide) groups is 1. The fourth-order valence-electron chi connectivity index (χ4n) is 2.79. The van der Waals surface area contributed by atoms with Gasteiger partial charge in [0.1, 0.15) is 0 Å². The van der Waals surface area contributed by atoms with E-state index in [1.165, 1.54) is 24.6 Å². The Bertz CT molecular complexity index is 750. The Hall–Kier alpha value is -1.27. The Morgan fingerprint density at radius 1 is 1.43 bits per heavy atom. The van der Waals surface area contributed by atoms with Crippen molar-refractivity contribution in [3.05, 3.63) is 38.8 Å². The Kier molecular flexibility index (Phi) is 3.30. The Morgan fingerprint density at radius 3 is 3.10 bits per heavy atom. The van der Waals surface area contributed by atoms with Gasteiger partial charge in [-0.2, -0.15) is 0 Å². The predicted octanol–water partition coefficient (Wildman–Crippen LogP) is 2.74. The highest BCUT2D eigenvalue weighted by atomic mass is 35.5. The van der Waals surface area contributed by atoms with Crippen molar-refractivity contribution >= 4 is 23.4 Å². The number of fused-ring (bicyclic) bond motifs is 1. The van der Waals surface area contributed by atoms with Gasteiger partial charge in [0.2, 0.25) is 0 Å². The topological polar surface area (TPSA) is 63.6 Å². The van der Waals surface area contributed by atoms with E-state index in [-0.39, 0.29) is 5.56 Å². The van der Waals surface area contributed by atoms with Gasteiger partial charge in [-0.1, -0.05) is 23.4 Å². The molecule has 5 nitrogen and oxygen atoms in total. The summed E-state index contributed by atoms with van der Waals surface area (Å²) in [5, 5.41) is 1.23. The molecule has 21 heavy (non-hydrogen) atoms. The maximum atomic E-state index is 12.0. The van der Waals surface area contributed by atoms with E-state index in [0.717, 1.165) is 36.2 Å². The first kappa shape index (κ1) is 13.4. The number of aromatic amines is 1. The second-order valence-corrected chi connectivity index (χ2v) is 6.88. The Morgan fingerprint density at radius 2 is 2.29 bits per heavy atom. The summed E-state index contributed by atoms with van der Waals surface area (Å²) in [6.45, 7) is 0. The fraction of sp³-hybridized carbons (Fsp3) is 0.500. The summed E-state index contributed by atoms with van der Waals surface area (Å²) in [6.07, 6.45) is 6.99. The number of aryl methyl sites for hydroxylation is 1. The number of nitrogens with zero attached hydrogens (tertiary/aromatic N) is 3. The van der Waals surface area contributed by atoms with Crippen molar-refractivity contribution in [2.75, 3.05) is 0 Å². The number of nitrogens with one attached hydrogen (secondary N) is 1. The predicted molar refractivity (Wildman–Crippen MR) is 82.0 cm³/mol. The lowest BCUT2D eigenvalue weighted by atomic mass is 10.3. The zero-order valence-electron chi connectivity index (χ0n) is 11.4. The molecule has 7 heteroatoms. The Balaban J connectivity index is 1.56. The van der Waals surface area contributed by atoms with Gasteiger partial charge in [0, 0.05) is 17.4 Å². The third-order valence-electron chi connectivity index (χ3n) is 4.05. The molecule has 1 N–H and O–H groups in total. The fourth-order valence-corrected chi connectivity index (χ4v) is 3.98. The maximum Gasteiger partial charge on any atom is 0.254 e. The highest BCUT2D eigenvalue weighted by molar-refractivity contribution is 7.98. The monoisotopic (exact) mass is 322 g/mol. The first-order valence-corrected chi connectivity index (χ1v) is 8.55. The molecule has 0 spiro atoms. The summed E-state index contributed by atoms with van der Waals surface area (Å²) < 4.78 is 2.15. The summed E-state index contributed by atoms with van der Waals surface area (Å²) in [6, 6.07) is 0.549. The molecule has 2 aliphatic carbocycles. The number of rotatable bonds is 4. The zero-order chi connectivity index (χ0) is 14.4. The van der Waals surface area contributed by atoms with E-state index in [1.807, 2.05) is 6.33 Å². The second kappa shape index (κ2) is 5.18. The molecule has 0 aromatic carbocycles. The molecule has 110 valence electrons. The summed E-state index contributed by atoms with van der Waals surface area (Å²) in [7, 11) is 0. The van der Waals surface area contributed by atoms with Crippen molar-refractivity contribution in [3.63, 3.8) is 0 Å². The number of hydrogen-bond donors (Lipinski definition) is 1. The van der Waals surface area contributed by atoms with Gasteiger partial charge in [-0.25, -0.2) is 9.97 Å². The number of aromatic nitrogens is 4. The van der Waals surface area contributed by atoms with E-state index in [4.69, 9.17) is 11.6 Å². The van der Waals surface area contributed by atoms with E-state index in [9.17, 15) is 4.79 Å². The van der Waals surface area contributed by atoms with Crippen LogP contribution in [0.5, 0.6) is 0 Å². The highest BCUT2D eigenvalue weighted by Gasteiger charge is 2.27.